The summed E-state index contributed by atoms with van der Waals surface area (Å²) in [5.74, 6) is 0.678. The number of anilines is 1. The van der Waals surface area contributed by atoms with Crippen LogP contribution in [-0.2, 0) is 5.54 Å². The molecule has 0 fully saturated rings. The smallest absolute Gasteiger partial charge is 0.184 e. The highest BCUT2D eigenvalue weighted by molar-refractivity contribution is 5.83. The molecule has 1 heterocycles. The van der Waals surface area contributed by atoms with E-state index in [2.05, 4.69) is 131 Å². The van der Waals surface area contributed by atoms with Crippen molar-refractivity contribution >= 4 is 5.69 Å². The maximum atomic E-state index is 4.72. The van der Waals surface area contributed by atoms with E-state index in [4.69, 9.17) is 5.21 Å². The van der Waals surface area contributed by atoms with Crippen LogP contribution in [0.1, 0.15) is 16.7 Å². The molecule has 6 aromatic rings. The Morgan fingerprint density at radius 3 is 1.58 bits per heavy atom. The number of benzene rings is 5. The van der Waals surface area contributed by atoms with Crippen LogP contribution in [0.25, 0.3) is 22.5 Å². The highest BCUT2D eigenvalue weighted by Gasteiger charge is 2.42. The van der Waals surface area contributed by atoms with E-state index in [9.17, 15) is 0 Å². The molecule has 5 heteroatoms. The Labute approximate surface area is 222 Å². The summed E-state index contributed by atoms with van der Waals surface area (Å²) in [6.45, 7) is 0. The average Bonchev–Trinajstić information content (AvgIpc) is 3.49. The maximum absolute atomic E-state index is 4.72. The quantitative estimate of drug-likeness (QED) is 0.246. The third-order valence-electron chi connectivity index (χ3n) is 7.00. The van der Waals surface area contributed by atoms with Crippen molar-refractivity contribution in [1.82, 2.24) is 20.2 Å². The summed E-state index contributed by atoms with van der Waals surface area (Å²) in [7, 11) is 1.92. The molecule has 0 atom stereocenters. The fraction of sp³-hybridized carbons (Fsp3) is 0.0606. The number of tetrazole rings is 1. The highest BCUT2D eigenvalue weighted by Crippen LogP contribution is 2.43. The molecular formula is C33H27N5. The standard InChI is InChI=1S/C33H27N5/c1-34-29-22-23-30(25-14-6-2-7-15-25)31(24-29)32-35-36-37-38(32)33(26-16-8-3-9-17-26,27-18-10-4-11-19-27)28-20-12-5-13-21-28/h2-24,34H,1H3. The molecule has 1 aromatic heterocycles. The minimum absolute atomic E-state index is 0.678. The zero-order valence-electron chi connectivity index (χ0n) is 21.1. The monoisotopic (exact) mass is 493 g/mol. The third-order valence-corrected chi connectivity index (χ3v) is 7.00. The second-order valence-electron chi connectivity index (χ2n) is 9.10. The molecule has 0 saturated carbocycles. The largest absolute Gasteiger partial charge is 0.388 e. The number of hydrogen-bond acceptors (Lipinski definition) is 4. The number of nitrogens with zero attached hydrogens (tertiary/aromatic N) is 4. The molecule has 0 aliphatic heterocycles. The number of rotatable bonds is 7. The van der Waals surface area contributed by atoms with Gasteiger partial charge in [-0.05, 0) is 50.4 Å². The SMILES string of the molecule is CNc1ccc(-c2ccccc2)c(-c2nnnn2C(c2ccccc2)(c2ccccc2)c2ccccc2)c1. The lowest BCUT2D eigenvalue weighted by Gasteiger charge is -2.36. The van der Waals surface area contributed by atoms with Gasteiger partial charge in [-0.25, -0.2) is 4.68 Å². The summed E-state index contributed by atoms with van der Waals surface area (Å²) in [5, 5.41) is 16.9. The van der Waals surface area contributed by atoms with Crippen LogP contribution in [0.3, 0.4) is 0 Å². The lowest BCUT2D eigenvalue weighted by molar-refractivity contribution is 0.451. The Morgan fingerprint density at radius 1 is 0.579 bits per heavy atom. The van der Waals surface area contributed by atoms with Gasteiger partial charge in [0.05, 0.1) is 0 Å². The molecule has 1 N–H and O–H groups in total. The van der Waals surface area contributed by atoms with Crippen LogP contribution < -0.4 is 5.32 Å². The molecule has 6 rings (SSSR count). The normalized spacial score (nSPS) is 11.3. The van der Waals surface area contributed by atoms with Crippen LogP contribution in [0.15, 0.2) is 140 Å². The van der Waals surface area contributed by atoms with Gasteiger partial charge in [0.25, 0.3) is 0 Å². The molecule has 0 amide bonds. The van der Waals surface area contributed by atoms with Gasteiger partial charge in [-0.2, -0.15) is 0 Å². The van der Waals surface area contributed by atoms with E-state index in [1.165, 1.54) is 0 Å². The van der Waals surface area contributed by atoms with Crippen molar-refractivity contribution in [1.29, 1.82) is 0 Å². The van der Waals surface area contributed by atoms with Crippen LogP contribution in [0, 0.1) is 0 Å². The molecule has 0 aliphatic rings. The minimum Gasteiger partial charge on any atom is -0.388 e. The highest BCUT2D eigenvalue weighted by atomic mass is 15.6. The van der Waals surface area contributed by atoms with Gasteiger partial charge < -0.3 is 5.32 Å². The summed E-state index contributed by atoms with van der Waals surface area (Å²) < 4.78 is 1.98. The molecule has 5 aromatic carbocycles. The van der Waals surface area contributed by atoms with Crippen LogP contribution in [-0.4, -0.2) is 27.3 Å². The first kappa shape index (κ1) is 23.4. The predicted molar refractivity (Wildman–Crippen MR) is 153 cm³/mol. The molecule has 0 unspecified atom stereocenters. The molecule has 0 aliphatic carbocycles. The van der Waals surface area contributed by atoms with Gasteiger partial charge in [0.1, 0.15) is 5.54 Å². The molecule has 5 nitrogen and oxygen atoms in total. The first-order valence-corrected chi connectivity index (χ1v) is 12.7. The zero-order valence-corrected chi connectivity index (χ0v) is 21.1. The Balaban J connectivity index is 1.72. The van der Waals surface area contributed by atoms with E-state index in [1.54, 1.807) is 0 Å². The van der Waals surface area contributed by atoms with Crippen molar-refractivity contribution in [2.24, 2.45) is 0 Å². The van der Waals surface area contributed by atoms with Crippen molar-refractivity contribution in [2.45, 2.75) is 5.54 Å². The van der Waals surface area contributed by atoms with Gasteiger partial charge in [0.15, 0.2) is 5.82 Å². The molecule has 0 spiro atoms. The van der Waals surface area contributed by atoms with Crippen molar-refractivity contribution in [2.75, 3.05) is 12.4 Å². The zero-order chi connectivity index (χ0) is 25.8. The third kappa shape index (κ3) is 3.95. The molecular weight excluding hydrogens is 466 g/mol. The van der Waals surface area contributed by atoms with Crippen molar-refractivity contribution in [3.05, 3.63) is 156 Å². The second kappa shape index (κ2) is 10.1. The Hall–Kier alpha value is -5.03. The molecule has 0 saturated heterocycles. The van der Waals surface area contributed by atoms with Crippen LogP contribution >= 0.6 is 0 Å². The predicted octanol–water partition coefficient (Wildman–Crippen LogP) is 6.89. The van der Waals surface area contributed by atoms with Gasteiger partial charge in [-0.1, -0.05) is 127 Å². The van der Waals surface area contributed by atoms with E-state index in [0.717, 1.165) is 39.1 Å². The summed E-state index contributed by atoms with van der Waals surface area (Å²) >= 11 is 0. The number of aromatic nitrogens is 4. The molecule has 0 bridgehead atoms. The number of nitrogens with one attached hydrogen (secondary N) is 1. The molecule has 0 radical (unpaired) electrons. The van der Waals surface area contributed by atoms with Crippen molar-refractivity contribution < 1.29 is 0 Å². The average molecular weight is 494 g/mol. The van der Waals surface area contributed by atoms with Gasteiger partial charge in [-0.3, -0.25) is 0 Å². The van der Waals surface area contributed by atoms with Gasteiger partial charge >= 0.3 is 0 Å². The first-order chi connectivity index (χ1) is 18.8. The van der Waals surface area contributed by atoms with Crippen LogP contribution in [0.5, 0.6) is 0 Å². The van der Waals surface area contributed by atoms with Crippen molar-refractivity contribution in [3.8, 4) is 22.5 Å². The summed E-state index contributed by atoms with van der Waals surface area (Å²) in [6.07, 6.45) is 0. The maximum Gasteiger partial charge on any atom is 0.184 e. The molecule has 184 valence electrons. The van der Waals surface area contributed by atoms with Crippen molar-refractivity contribution in [3.63, 3.8) is 0 Å². The van der Waals surface area contributed by atoms with E-state index < -0.39 is 5.54 Å². The first-order valence-electron chi connectivity index (χ1n) is 12.7. The van der Waals surface area contributed by atoms with Gasteiger partial charge in [0, 0.05) is 18.3 Å². The second-order valence-corrected chi connectivity index (χ2v) is 9.10. The fourth-order valence-electron chi connectivity index (χ4n) is 5.24. The van der Waals surface area contributed by atoms with E-state index in [1.807, 2.05) is 36.0 Å². The van der Waals surface area contributed by atoms with E-state index in [0.29, 0.717) is 5.82 Å². The Bertz CT molecular complexity index is 1530. The Kier molecular flexibility index (Phi) is 6.24. The van der Waals surface area contributed by atoms with Gasteiger partial charge in [0.2, 0.25) is 0 Å². The van der Waals surface area contributed by atoms with E-state index in [-0.39, 0.29) is 0 Å². The Morgan fingerprint density at radius 2 is 1.08 bits per heavy atom. The summed E-state index contributed by atoms with van der Waals surface area (Å²) in [5.41, 5.74) is 6.48. The van der Waals surface area contributed by atoms with Crippen LogP contribution in [0.2, 0.25) is 0 Å². The summed E-state index contributed by atoms with van der Waals surface area (Å²) in [6, 6.07) is 48.1. The topological polar surface area (TPSA) is 55.6 Å². The molecule has 38 heavy (non-hydrogen) atoms. The van der Waals surface area contributed by atoms with Crippen LogP contribution in [0.4, 0.5) is 5.69 Å². The lowest BCUT2D eigenvalue weighted by atomic mass is 9.77. The van der Waals surface area contributed by atoms with E-state index >= 15 is 0 Å². The summed E-state index contributed by atoms with van der Waals surface area (Å²) in [4.78, 5) is 0. The fourth-order valence-corrected chi connectivity index (χ4v) is 5.24. The van der Waals surface area contributed by atoms with Gasteiger partial charge in [-0.15, -0.1) is 5.10 Å². The number of hydrogen-bond donors (Lipinski definition) is 1. The minimum atomic E-state index is -0.813. The lowest BCUT2D eigenvalue weighted by Crippen LogP contribution is -2.39.